The summed E-state index contributed by atoms with van der Waals surface area (Å²) in [5, 5.41) is 4.69. The van der Waals surface area contributed by atoms with E-state index < -0.39 is 11.7 Å². The molecule has 2 amide bonds. The molecule has 10 nitrogen and oxygen atoms in total. The van der Waals surface area contributed by atoms with Crippen LogP contribution in [0.1, 0.15) is 28.9 Å². The van der Waals surface area contributed by atoms with Gasteiger partial charge in [-0.05, 0) is 49.2 Å². The summed E-state index contributed by atoms with van der Waals surface area (Å²) in [6, 6.07) is 23.4. The van der Waals surface area contributed by atoms with Gasteiger partial charge < -0.3 is 29.4 Å². The molecule has 0 saturated carbocycles. The maximum atomic E-state index is 15.2. The number of anilines is 2. The standard InChI is InChI=1S/C39H34Cl2FN7O3/c40-26-9-8-25(30(42)19-26)21-48-23-44-35(24-5-2-1-3-6-24)37(48)34-29-11-10-27(41)20-32(29)45-36(34)39(51)46-31-7-4-14-43-38(31)47-15-12-28(13-16-47)49-17-18-52-22-33(49)50/h1-11,14,19-20,23,28,45H,12-13,15-18,21-22H2,(H,46,51). The number of carbonyl (C=O) groups is 2. The molecule has 0 aliphatic carbocycles. The largest absolute Gasteiger partial charge is 0.370 e. The van der Waals surface area contributed by atoms with Crippen LogP contribution >= 0.6 is 23.2 Å². The molecule has 0 spiro atoms. The molecule has 3 aromatic carbocycles. The van der Waals surface area contributed by atoms with Crippen molar-refractivity contribution in [1.29, 1.82) is 0 Å². The third kappa shape index (κ3) is 6.63. The number of fused-ring (bicyclic) bond motifs is 1. The molecule has 0 radical (unpaired) electrons. The van der Waals surface area contributed by atoms with Crippen molar-refractivity contribution in [1.82, 2.24) is 24.4 Å². The molecule has 2 fully saturated rings. The van der Waals surface area contributed by atoms with E-state index in [9.17, 15) is 9.59 Å². The van der Waals surface area contributed by atoms with Gasteiger partial charge in [0.15, 0.2) is 5.82 Å². The van der Waals surface area contributed by atoms with Gasteiger partial charge in [-0.1, -0.05) is 65.7 Å². The molecule has 2 aliphatic heterocycles. The maximum absolute atomic E-state index is 15.2. The number of imidazole rings is 1. The Morgan fingerprint density at radius 2 is 1.75 bits per heavy atom. The summed E-state index contributed by atoms with van der Waals surface area (Å²) in [6.07, 6.45) is 4.93. The molecule has 0 atom stereocenters. The second-order valence-corrected chi connectivity index (χ2v) is 13.8. The number of hydrogen-bond acceptors (Lipinski definition) is 6. The minimum Gasteiger partial charge on any atom is -0.370 e. The zero-order chi connectivity index (χ0) is 35.8. The van der Waals surface area contributed by atoms with Crippen molar-refractivity contribution in [2.45, 2.75) is 25.4 Å². The zero-order valence-corrected chi connectivity index (χ0v) is 29.5. The number of pyridine rings is 1. The number of nitrogens with zero attached hydrogens (tertiary/aromatic N) is 5. The maximum Gasteiger partial charge on any atom is 0.272 e. The number of H-pyrrole nitrogens is 1. The lowest BCUT2D eigenvalue weighted by atomic mass is 10.0. The van der Waals surface area contributed by atoms with E-state index in [0.717, 1.165) is 23.8 Å². The van der Waals surface area contributed by atoms with Crippen molar-refractivity contribution in [3.8, 4) is 22.5 Å². The van der Waals surface area contributed by atoms with Gasteiger partial charge in [-0.2, -0.15) is 0 Å². The Bertz CT molecular complexity index is 2280. The van der Waals surface area contributed by atoms with Gasteiger partial charge in [-0.3, -0.25) is 9.59 Å². The van der Waals surface area contributed by atoms with Crippen LogP contribution in [0.5, 0.6) is 0 Å². The van der Waals surface area contributed by atoms with Gasteiger partial charge in [0.25, 0.3) is 5.91 Å². The monoisotopic (exact) mass is 737 g/mol. The number of aromatic nitrogens is 4. The van der Waals surface area contributed by atoms with Crippen LogP contribution < -0.4 is 10.2 Å². The highest BCUT2D eigenvalue weighted by molar-refractivity contribution is 6.31. The predicted octanol–water partition coefficient (Wildman–Crippen LogP) is 7.67. The van der Waals surface area contributed by atoms with Crippen molar-refractivity contribution in [2.24, 2.45) is 0 Å². The minimum absolute atomic E-state index is 0.0287. The van der Waals surface area contributed by atoms with E-state index >= 15 is 4.39 Å². The fourth-order valence-electron chi connectivity index (χ4n) is 7.23. The van der Waals surface area contributed by atoms with Crippen molar-refractivity contribution < 1.29 is 18.7 Å². The first-order chi connectivity index (χ1) is 25.3. The first-order valence-corrected chi connectivity index (χ1v) is 17.8. The molecule has 2 N–H and O–H groups in total. The van der Waals surface area contributed by atoms with E-state index in [1.54, 1.807) is 42.9 Å². The highest BCUT2D eigenvalue weighted by atomic mass is 35.5. The molecule has 0 bridgehead atoms. The lowest BCUT2D eigenvalue weighted by molar-refractivity contribution is -0.146. The number of carbonyl (C=O) groups excluding carboxylic acids is 2. The number of halogens is 3. The smallest absolute Gasteiger partial charge is 0.272 e. The Kier molecular flexibility index (Phi) is 9.40. The fraction of sp³-hybridized carbons (Fsp3) is 0.231. The van der Waals surface area contributed by atoms with E-state index in [1.165, 1.54) is 6.07 Å². The summed E-state index contributed by atoms with van der Waals surface area (Å²) in [7, 11) is 0. The second-order valence-electron chi connectivity index (χ2n) is 12.9. The Hall–Kier alpha value is -5.23. The summed E-state index contributed by atoms with van der Waals surface area (Å²) in [6.45, 7) is 2.77. The molecule has 6 aromatic rings. The van der Waals surface area contributed by atoms with E-state index in [-0.39, 0.29) is 30.8 Å². The Morgan fingerprint density at radius 1 is 0.962 bits per heavy atom. The minimum atomic E-state index is -0.443. The summed E-state index contributed by atoms with van der Waals surface area (Å²) in [4.78, 5) is 43.9. The number of nitrogens with one attached hydrogen (secondary N) is 2. The molecule has 2 saturated heterocycles. The van der Waals surface area contributed by atoms with Crippen molar-refractivity contribution in [2.75, 3.05) is 43.1 Å². The summed E-state index contributed by atoms with van der Waals surface area (Å²) >= 11 is 12.5. The molecule has 264 valence electrons. The van der Waals surface area contributed by atoms with Crippen molar-refractivity contribution in [3.05, 3.63) is 119 Å². The number of morpholine rings is 1. The highest BCUT2D eigenvalue weighted by Crippen LogP contribution is 2.40. The number of hydrogen-bond donors (Lipinski definition) is 2. The topological polar surface area (TPSA) is 108 Å². The predicted molar refractivity (Wildman–Crippen MR) is 200 cm³/mol. The van der Waals surface area contributed by atoms with Crippen molar-refractivity contribution in [3.63, 3.8) is 0 Å². The molecule has 0 unspecified atom stereocenters. The molecular formula is C39H34Cl2FN7O3. The van der Waals surface area contributed by atoms with Gasteiger partial charge in [0.2, 0.25) is 5.91 Å². The molecule has 8 rings (SSSR count). The van der Waals surface area contributed by atoms with Crippen molar-refractivity contribution >= 4 is 57.4 Å². The van der Waals surface area contributed by atoms with Gasteiger partial charge in [0, 0.05) is 69.5 Å². The first kappa shape index (κ1) is 33.9. The normalized spacial score (nSPS) is 15.4. The second kappa shape index (κ2) is 14.4. The van der Waals surface area contributed by atoms with Crippen LogP contribution in [-0.4, -0.2) is 75.1 Å². The van der Waals surface area contributed by atoms with Crippen LogP contribution in [0.2, 0.25) is 10.0 Å². The number of piperidine rings is 1. The Balaban J connectivity index is 1.17. The number of amides is 2. The van der Waals surface area contributed by atoms with Gasteiger partial charge in [0.1, 0.15) is 18.1 Å². The molecule has 5 heterocycles. The van der Waals surface area contributed by atoms with Crippen LogP contribution in [0.15, 0.2) is 91.4 Å². The van der Waals surface area contributed by atoms with E-state index in [2.05, 4.69) is 20.2 Å². The van der Waals surface area contributed by atoms with Gasteiger partial charge in [0.05, 0.1) is 36.6 Å². The summed E-state index contributed by atoms with van der Waals surface area (Å²) in [5.41, 5.74) is 4.59. The molecule has 3 aromatic heterocycles. The van der Waals surface area contributed by atoms with Gasteiger partial charge in [-0.25, -0.2) is 14.4 Å². The summed E-state index contributed by atoms with van der Waals surface area (Å²) in [5.74, 6) is -0.158. The van der Waals surface area contributed by atoms with Crippen LogP contribution in [0.3, 0.4) is 0 Å². The molecule has 2 aliphatic rings. The van der Waals surface area contributed by atoms with Gasteiger partial charge in [-0.15, -0.1) is 0 Å². The average molecular weight is 739 g/mol. The highest BCUT2D eigenvalue weighted by Gasteiger charge is 2.32. The third-order valence-corrected chi connectivity index (χ3v) is 10.2. The molecular weight excluding hydrogens is 704 g/mol. The van der Waals surface area contributed by atoms with E-state index in [4.69, 9.17) is 32.9 Å². The van der Waals surface area contributed by atoms with Gasteiger partial charge >= 0.3 is 0 Å². The average Bonchev–Trinajstić information content (AvgIpc) is 3.74. The lowest BCUT2D eigenvalue weighted by Gasteiger charge is -2.40. The van der Waals surface area contributed by atoms with E-state index in [0.29, 0.717) is 75.8 Å². The Morgan fingerprint density at radius 3 is 2.54 bits per heavy atom. The Labute approximate surface area is 309 Å². The molecule has 13 heteroatoms. The number of ether oxygens (including phenoxy) is 1. The number of benzene rings is 3. The first-order valence-electron chi connectivity index (χ1n) is 17.1. The lowest BCUT2D eigenvalue weighted by Crippen LogP contribution is -2.52. The fourth-order valence-corrected chi connectivity index (χ4v) is 7.56. The van der Waals surface area contributed by atoms with Crippen LogP contribution in [0, 0.1) is 5.82 Å². The van der Waals surface area contributed by atoms with E-state index in [1.807, 2.05) is 51.9 Å². The van der Waals surface area contributed by atoms with Crippen LogP contribution in [-0.2, 0) is 16.1 Å². The number of rotatable bonds is 8. The van der Waals surface area contributed by atoms with Crippen LogP contribution in [0.4, 0.5) is 15.9 Å². The zero-order valence-electron chi connectivity index (χ0n) is 28.0. The third-order valence-electron chi connectivity index (χ3n) is 9.73. The number of aromatic amines is 1. The quantitative estimate of drug-likeness (QED) is 0.166. The summed E-state index contributed by atoms with van der Waals surface area (Å²) < 4.78 is 22.4. The molecule has 52 heavy (non-hydrogen) atoms. The SMILES string of the molecule is O=C(Nc1cccnc1N1CCC(N2CCOCC2=O)CC1)c1[nH]c2cc(Cl)ccc2c1-c1c(-c2ccccc2)ncn1Cc1ccc(Cl)cc1F. The van der Waals surface area contributed by atoms with Crippen LogP contribution in [0.25, 0.3) is 33.4 Å².